The van der Waals surface area contributed by atoms with Crippen LogP contribution in [0.25, 0.3) is 11.0 Å². The van der Waals surface area contributed by atoms with Gasteiger partial charge in [0.1, 0.15) is 5.75 Å². The third-order valence-electron chi connectivity index (χ3n) is 5.85. The van der Waals surface area contributed by atoms with Crippen molar-refractivity contribution in [3.05, 3.63) is 90.3 Å². The molecule has 0 fully saturated rings. The largest absolute Gasteiger partial charge is 0.479 e. The van der Waals surface area contributed by atoms with Crippen molar-refractivity contribution in [2.75, 3.05) is 11.4 Å². The van der Waals surface area contributed by atoms with Gasteiger partial charge in [0.2, 0.25) is 5.91 Å². The Morgan fingerprint density at radius 1 is 1.09 bits per heavy atom. The van der Waals surface area contributed by atoms with Crippen LogP contribution >= 0.6 is 0 Å². The SMILES string of the molecule is CC1Oc2ccccc2N(CCC(=O)NC(c2ccccc2)c2ccc3nc[nH]c3c2)C1=O. The summed E-state index contributed by atoms with van der Waals surface area (Å²) in [5.74, 6) is 0.365. The average molecular weight is 441 g/mol. The van der Waals surface area contributed by atoms with Crippen LogP contribution in [0.3, 0.4) is 0 Å². The first-order chi connectivity index (χ1) is 16.1. The lowest BCUT2D eigenvalue weighted by atomic mass is 9.98. The number of para-hydroxylation sites is 2. The van der Waals surface area contributed by atoms with Crippen molar-refractivity contribution in [2.45, 2.75) is 25.5 Å². The minimum atomic E-state index is -0.582. The Labute approximate surface area is 191 Å². The number of fused-ring (bicyclic) bond motifs is 2. The zero-order chi connectivity index (χ0) is 22.8. The van der Waals surface area contributed by atoms with Crippen LogP contribution in [0.4, 0.5) is 5.69 Å². The first kappa shape index (κ1) is 20.8. The summed E-state index contributed by atoms with van der Waals surface area (Å²) in [6.07, 6.45) is 1.24. The highest BCUT2D eigenvalue weighted by atomic mass is 16.5. The lowest BCUT2D eigenvalue weighted by Crippen LogP contribution is -2.46. The number of carbonyl (C=O) groups excluding carboxylic acids is 2. The molecular weight excluding hydrogens is 416 g/mol. The van der Waals surface area contributed by atoms with Crippen molar-refractivity contribution in [3.8, 4) is 5.75 Å². The molecule has 7 heteroatoms. The second-order valence-corrected chi connectivity index (χ2v) is 8.06. The minimum Gasteiger partial charge on any atom is -0.479 e. The van der Waals surface area contributed by atoms with E-state index in [4.69, 9.17) is 4.74 Å². The van der Waals surface area contributed by atoms with E-state index in [2.05, 4.69) is 15.3 Å². The molecule has 3 aromatic carbocycles. The van der Waals surface area contributed by atoms with E-state index in [1.807, 2.05) is 72.8 Å². The Morgan fingerprint density at radius 3 is 2.73 bits per heavy atom. The molecule has 1 aromatic heterocycles. The zero-order valence-electron chi connectivity index (χ0n) is 18.2. The molecule has 0 aliphatic carbocycles. The number of nitrogens with one attached hydrogen (secondary N) is 2. The Balaban J connectivity index is 1.36. The minimum absolute atomic E-state index is 0.141. The van der Waals surface area contributed by atoms with Crippen molar-refractivity contribution in [1.82, 2.24) is 15.3 Å². The van der Waals surface area contributed by atoms with Crippen molar-refractivity contribution >= 4 is 28.5 Å². The van der Waals surface area contributed by atoms with Crippen LogP contribution < -0.4 is 15.0 Å². The number of imidazole rings is 1. The van der Waals surface area contributed by atoms with Gasteiger partial charge in [-0.25, -0.2) is 4.98 Å². The van der Waals surface area contributed by atoms with Gasteiger partial charge in [-0.05, 0) is 42.3 Å². The number of H-pyrrole nitrogens is 1. The smallest absolute Gasteiger partial charge is 0.267 e. The summed E-state index contributed by atoms with van der Waals surface area (Å²) < 4.78 is 5.69. The van der Waals surface area contributed by atoms with Gasteiger partial charge < -0.3 is 19.9 Å². The summed E-state index contributed by atoms with van der Waals surface area (Å²) in [6.45, 7) is 2.00. The van der Waals surface area contributed by atoms with Crippen molar-refractivity contribution in [3.63, 3.8) is 0 Å². The van der Waals surface area contributed by atoms with Crippen molar-refractivity contribution in [2.24, 2.45) is 0 Å². The summed E-state index contributed by atoms with van der Waals surface area (Å²) >= 11 is 0. The van der Waals surface area contributed by atoms with E-state index in [0.29, 0.717) is 11.4 Å². The molecule has 0 bridgehead atoms. The van der Waals surface area contributed by atoms with E-state index in [-0.39, 0.29) is 30.8 Å². The van der Waals surface area contributed by atoms with Crippen LogP contribution in [-0.4, -0.2) is 34.4 Å². The van der Waals surface area contributed by atoms with E-state index in [1.54, 1.807) is 18.2 Å². The summed E-state index contributed by atoms with van der Waals surface area (Å²) in [4.78, 5) is 34.8. The molecule has 2 amide bonds. The number of nitrogens with zero attached hydrogens (tertiary/aromatic N) is 2. The molecule has 2 N–H and O–H groups in total. The van der Waals surface area contributed by atoms with E-state index < -0.39 is 6.10 Å². The van der Waals surface area contributed by atoms with E-state index in [0.717, 1.165) is 22.2 Å². The van der Waals surface area contributed by atoms with Crippen LogP contribution in [0.5, 0.6) is 5.75 Å². The molecule has 7 nitrogen and oxygen atoms in total. The number of ether oxygens (including phenoxy) is 1. The van der Waals surface area contributed by atoms with Gasteiger partial charge in [-0.1, -0.05) is 48.5 Å². The number of benzene rings is 3. The van der Waals surface area contributed by atoms with Gasteiger partial charge in [-0.15, -0.1) is 0 Å². The second-order valence-electron chi connectivity index (χ2n) is 8.06. The van der Waals surface area contributed by atoms with Gasteiger partial charge in [0.05, 0.1) is 29.1 Å². The van der Waals surface area contributed by atoms with Gasteiger partial charge in [-0.2, -0.15) is 0 Å². The highest BCUT2D eigenvalue weighted by Gasteiger charge is 2.31. The van der Waals surface area contributed by atoms with Crippen LogP contribution in [0.2, 0.25) is 0 Å². The summed E-state index contributed by atoms with van der Waals surface area (Å²) in [6, 6.07) is 22.8. The second kappa shape index (κ2) is 8.78. The van der Waals surface area contributed by atoms with Gasteiger partial charge in [-0.3, -0.25) is 9.59 Å². The van der Waals surface area contributed by atoms with E-state index in [1.165, 1.54) is 0 Å². The lowest BCUT2D eigenvalue weighted by molar-refractivity contribution is -0.125. The fraction of sp³-hybridized carbons (Fsp3) is 0.192. The van der Waals surface area contributed by atoms with Gasteiger partial charge in [0.25, 0.3) is 5.91 Å². The molecule has 2 unspecified atom stereocenters. The van der Waals surface area contributed by atoms with E-state index in [9.17, 15) is 9.59 Å². The standard InChI is InChI=1S/C26H24N4O3/c1-17-26(32)30(22-9-5-6-10-23(22)33-17)14-13-24(31)29-25(18-7-3-2-4-8-18)19-11-12-20-21(15-19)28-16-27-20/h2-12,15-17,25H,13-14H2,1H3,(H,27,28)(H,29,31). The quantitative estimate of drug-likeness (QED) is 0.475. The number of rotatable bonds is 6. The zero-order valence-corrected chi connectivity index (χ0v) is 18.2. The summed E-state index contributed by atoms with van der Waals surface area (Å²) in [5, 5.41) is 3.15. The number of carbonyl (C=O) groups is 2. The van der Waals surface area contributed by atoms with Crippen LogP contribution in [0.15, 0.2) is 79.1 Å². The number of amides is 2. The third-order valence-corrected chi connectivity index (χ3v) is 5.85. The predicted octanol–water partition coefficient (Wildman–Crippen LogP) is 3.97. The van der Waals surface area contributed by atoms with Gasteiger partial charge in [0.15, 0.2) is 6.10 Å². The van der Waals surface area contributed by atoms with Crippen molar-refractivity contribution in [1.29, 1.82) is 0 Å². The highest BCUT2D eigenvalue weighted by molar-refractivity contribution is 6.00. The Kier molecular flexibility index (Phi) is 5.52. The molecule has 1 aliphatic heterocycles. The molecule has 1 aliphatic rings. The number of hydrogen-bond acceptors (Lipinski definition) is 4. The molecule has 0 spiro atoms. The molecule has 0 saturated heterocycles. The highest BCUT2D eigenvalue weighted by Crippen LogP contribution is 2.33. The maximum absolute atomic E-state index is 13.1. The van der Waals surface area contributed by atoms with E-state index >= 15 is 0 Å². The summed E-state index contributed by atoms with van der Waals surface area (Å²) in [7, 11) is 0. The van der Waals surface area contributed by atoms with Crippen LogP contribution in [0.1, 0.15) is 30.5 Å². The Bertz CT molecular complexity index is 1300. The maximum atomic E-state index is 13.1. The Hall–Kier alpha value is -4.13. The van der Waals surface area contributed by atoms with Gasteiger partial charge in [0, 0.05) is 13.0 Å². The predicted molar refractivity (Wildman–Crippen MR) is 126 cm³/mol. The van der Waals surface area contributed by atoms with Gasteiger partial charge >= 0.3 is 0 Å². The normalized spacial score (nSPS) is 16.2. The average Bonchev–Trinajstić information content (AvgIpc) is 3.31. The number of aromatic amines is 1. The molecule has 4 aromatic rings. The molecule has 0 saturated carbocycles. The fourth-order valence-corrected chi connectivity index (χ4v) is 4.17. The molecule has 5 rings (SSSR count). The first-order valence-electron chi connectivity index (χ1n) is 10.9. The molecule has 166 valence electrons. The number of hydrogen-bond donors (Lipinski definition) is 2. The lowest BCUT2D eigenvalue weighted by Gasteiger charge is -2.33. The molecular formula is C26H24N4O3. The topological polar surface area (TPSA) is 87.3 Å². The van der Waals surface area contributed by atoms with Crippen LogP contribution in [-0.2, 0) is 9.59 Å². The molecule has 2 heterocycles. The molecule has 0 radical (unpaired) electrons. The number of aromatic nitrogens is 2. The van der Waals surface area contributed by atoms with Crippen LogP contribution in [0, 0.1) is 0 Å². The monoisotopic (exact) mass is 440 g/mol. The molecule has 33 heavy (non-hydrogen) atoms. The van der Waals surface area contributed by atoms with Crippen molar-refractivity contribution < 1.29 is 14.3 Å². The Morgan fingerprint density at radius 2 is 1.88 bits per heavy atom. The first-order valence-corrected chi connectivity index (χ1v) is 10.9. The fourth-order valence-electron chi connectivity index (χ4n) is 4.17. The summed E-state index contributed by atoms with van der Waals surface area (Å²) in [5.41, 5.74) is 4.40. The number of anilines is 1. The third kappa shape index (κ3) is 4.17. The molecule has 2 atom stereocenters. The maximum Gasteiger partial charge on any atom is 0.267 e.